The standard InChI is InChI=1S/C14H18N2O3/c17-14-4-1-10-7-11(2-3-13(10)16-14)19-9-12-8-15-5-6-18-12/h2-3,7,12,15H,1,4-6,8-9H2,(H,16,17). The van der Waals surface area contributed by atoms with E-state index in [1.165, 1.54) is 0 Å². The monoisotopic (exact) mass is 262 g/mol. The van der Waals surface area contributed by atoms with E-state index in [1.807, 2.05) is 18.2 Å². The molecule has 1 saturated heterocycles. The first-order valence-corrected chi connectivity index (χ1v) is 6.69. The van der Waals surface area contributed by atoms with Crippen LogP contribution in [-0.4, -0.2) is 38.3 Å². The van der Waals surface area contributed by atoms with Gasteiger partial charge in [0.25, 0.3) is 0 Å². The molecule has 1 aromatic carbocycles. The molecule has 0 radical (unpaired) electrons. The molecule has 3 rings (SSSR count). The molecule has 2 aliphatic rings. The van der Waals surface area contributed by atoms with Crippen LogP contribution in [0.15, 0.2) is 18.2 Å². The lowest BCUT2D eigenvalue weighted by atomic mass is 10.0. The van der Waals surface area contributed by atoms with Gasteiger partial charge in [-0.05, 0) is 30.2 Å². The van der Waals surface area contributed by atoms with Crippen LogP contribution in [-0.2, 0) is 16.0 Å². The van der Waals surface area contributed by atoms with Crippen molar-refractivity contribution in [3.63, 3.8) is 0 Å². The zero-order chi connectivity index (χ0) is 13.1. The van der Waals surface area contributed by atoms with E-state index in [1.54, 1.807) is 0 Å². The number of aryl methyl sites for hydroxylation is 1. The molecule has 1 fully saturated rings. The van der Waals surface area contributed by atoms with Gasteiger partial charge in [-0.3, -0.25) is 4.79 Å². The lowest BCUT2D eigenvalue weighted by Crippen LogP contribution is -2.41. The fourth-order valence-electron chi connectivity index (χ4n) is 2.37. The Bertz CT molecular complexity index is 470. The highest BCUT2D eigenvalue weighted by atomic mass is 16.5. The normalized spacial score (nSPS) is 22.5. The molecule has 1 amide bonds. The molecule has 19 heavy (non-hydrogen) atoms. The van der Waals surface area contributed by atoms with E-state index in [0.29, 0.717) is 13.0 Å². The maximum atomic E-state index is 11.3. The number of rotatable bonds is 3. The van der Waals surface area contributed by atoms with Gasteiger partial charge in [0.05, 0.1) is 6.61 Å². The van der Waals surface area contributed by atoms with Gasteiger partial charge in [0.1, 0.15) is 18.5 Å². The average molecular weight is 262 g/mol. The summed E-state index contributed by atoms with van der Waals surface area (Å²) in [6, 6.07) is 5.80. The number of ether oxygens (including phenoxy) is 2. The molecule has 102 valence electrons. The minimum absolute atomic E-state index is 0.0860. The van der Waals surface area contributed by atoms with Crippen LogP contribution in [0.5, 0.6) is 5.75 Å². The van der Waals surface area contributed by atoms with Gasteiger partial charge in [-0.25, -0.2) is 0 Å². The Morgan fingerprint density at radius 2 is 2.32 bits per heavy atom. The lowest BCUT2D eigenvalue weighted by Gasteiger charge is -2.24. The Morgan fingerprint density at radius 3 is 3.16 bits per heavy atom. The Labute approximate surface area is 112 Å². The van der Waals surface area contributed by atoms with E-state index in [-0.39, 0.29) is 12.0 Å². The second-order valence-electron chi connectivity index (χ2n) is 4.88. The van der Waals surface area contributed by atoms with Crippen molar-refractivity contribution in [1.82, 2.24) is 5.32 Å². The maximum Gasteiger partial charge on any atom is 0.224 e. The van der Waals surface area contributed by atoms with Crippen molar-refractivity contribution in [1.29, 1.82) is 0 Å². The summed E-state index contributed by atoms with van der Waals surface area (Å²) in [5.41, 5.74) is 2.04. The first-order chi connectivity index (χ1) is 9.31. The Hall–Kier alpha value is -1.59. The van der Waals surface area contributed by atoms with Crippen molar-refractivity contribution >= 4 is 11.6 Å². The fourth-order valence-corrected chi connectivity index (χ4v) is 2.37. The van der Waals surface area contributed by atoms with Crippen molar-refractivity contribution in [3.05, 3.63) is 23.8 Å². The van der Waals surface area contributed by atoms with E-state index < -0.39 is 0 Å². The number of nitrogens with one attached hydrogen (secondary N) is 2. The number of carbonyl (C=O) groups excluding carboxylic acids is 1. The smallest absolute Gasteiger partial charge is 0.224 e. The molecular weight excluding hydrogens is 244 g/mol. The van der Waals surface area contributed by atoms with E-state index in [0.717, 1.165) is 43.1 Å². The third-order valence-electron chi connectivity index (χ3n) is 3.41. The van der Waals surface area contributed by atoms with Crippen molar-refractivity contribution in [2.75, 3.05) is 31.6 Å². The largest absolute Gasteiger partial charge is 0.491 e. The van der Waals surface area contributed by atoms with Crippen LogP contribution in [0.2, 0.25) is 0 Å². The second-order valence-corrected chi connectivity index (χ2v) is 4.88. The van der Waals surface area contributed by atoms with Crippen LogP contribution in [0, 0.1) is 0 Å². The zero-order valence-corrected chi connectivity index (χ0v) is 10.8. The molecule has 2 heterocycles. The van der Waals surface area contributed by atoms with Gasteiger partial charge < -0.3 is 20.1 Å². The first kappa shape index (κ1) is 12.4. The number of hydrogen-bond donors (Lipinski definition) is 2. The third-order valence-corrected chi connectivity index (χ3v) is 3.41. The lowest BCUT2D eigenvalue weighted by molar-refractivity contribution is -0.116. The van der Waals surface area contributed by atoms with Gasteiger partial charge in [-0.2, -0.15) is 0 Å². The predicted octanol–water partition coefficient (Wildman–Crippen LogP) is 0.938. The minimum atomic E-state index is 0.0860. The van der Waals surface area contributed by atoms with Crippen LogP contribution in [0.3, 0.4) is 0 Å². The van der Waals surface area contributed by atoms with Gasteiger partial charge >= 0.3 is 0 Å². The molecule has 2 aliphatic heterocycles. The summed E-state index contributed by atoms with van der Waals surface area (Å²) >= 11 is 0. The molecule has 0 saturated carbocycles. The van der Waals surface area contributed by atoms with E-state index in [9.17, 15) is 4.79 Å². The number of fused-ring (bicyclic) bond motifs is 1. The summed E-state index contributed by atoms with van der Waals surface area (Å²) < 4.78 is 11.3. The van der Waals surface area contributed by atoms with E-state index in [4.69, 9.17) is 9.47 Å². The van der Waals surface area contributed by atoms with Crippen molar-refractivity contribution in [3.8, 4) is 5.75 Å². The van der Waals surface area contributed by atoms with Crippen LogP contribution < -0.4 is 15.4 Å². The van der Waals surface area contributed by atoms with Crippen LogP contribution in [0.1, 0.15) is 12.0 Å². The third kappa shape index (κ3) is 3.05. The number of hydrogen-bond acceptors (Lipinski definition) is 4. The number of morpholine rings is 1. The number of carbonyl (C=O) groups is 1. The van der Waals surface area contributed by atoms with Crippen LogP contribution >= 0.6 is 0 Å². The molecule has 2 N–H and O–H groups in total. The highest BCUT2D eigenvalue weighted by Gasteiger charge is 2.17. The highest BCUT2D eigenvalue weighted by Crippen LogP contribution is 2.26. The first-order valence-electron chi connectivity index (χ1n) is 6.69. The molecule has 0 aromatic heterocycles. The summed E-state index contributed by atoms with van der Waals surface area (Å²) in [5, 5.41) is 6.14. The predicted molar refractivity (Wildman–Crippen MR) is 71.5 cm³/mol. The van der Waals surface area contributed by atoms with Gasteiger partial charge in [0.15, 0.2) is 0 Å². The summed E-state index contributed by atoms with van der Waals surface area (Å²) in [5.74, 6) is 0.923. The van der Waals surface area contributed by atoms with Crippen molar-refractivity contribution < 1.29 is 14.3 Å². The molecule has 1 unspecified atom stereocenters. The molecule has 0 aliphatic carbocycles. The second kappa shape index (κ2) is 5.59. The van der Waals surface area contributed by atoms with Crippen LogP contribution in [0.25, 0.3) is 0 Å². The summed E-state index contributed by atoms with van der Waals surface area (Å²) in [6.07, 6.45) is 1.44. The SMILES string of the molecule is O=C1CCc2cc(OCC3CNCCO3)ccc2N1. The van der Waals surface area contributed by atoms with Gasteiger partial charge in [0.2, 0.25) is 5.91 Å². The summed E-state index contributed by atoms with van der Waals surface area (Å²) in [7, 11) is 0. The fraction of sp³-hybridized carbons (Fsp3) is 0.500. The van der Waals surface area contributed by atoms with E-state index >= 15 is 0 Å². The Balaban J connectivity index is 1.60. The maximum absolute atomic E-state index is 11.3. The molecule has 5 nitrogen and oxygen atoms in total. The van der Waals surface area contributed by atoms with Gasteiger partial charge in [0, 0.05) is 25.2 Å². The Kier molecular flexibility index (Phi) is 3.66. The summed E-state index contributed by atoms with van der Waals surface area (Å²) in [6.45, 7) is 3.04. The zero-order valence-electron chi connectivity index (χ0n) is 10.8. The summed E-state index contributed by atoms with van der Waals surface area (Å²) in [4.78, 5) is 11.3. The minimum Gasteiger partial charge on any atom is -0.491 e. The number of benzene rings is 1. The molecule has 1 aromatic rings. The topological polar surface area (TPSA) is 59.6 Å². The molecule has 1 atom stereocenters. The molecule has 0 spiro atoms. The number of amides is 1. The molecular formula is C14H18N2O3. The quantitative estimate of drug-likeness (QED) is 0.851. The van der Waals surface area contributed by atoms with Crippen molar-refractivity contribution in [2.45, 2.75) is 18.9 Å². The van der Waals surface area contributed by atoms with Gasteiger partial charge in [-0.15, -0.1) is 0 Å². The number of anilines is 1. The Morgan fingerprint density at radius 1 is 1.37 bits per heavy atom. The van der Waals surface area contributed by atoms with Crippen LogP contribution in [0.4, 0.5) is 5.69 Å². The highest BCUT2D eigenvalue weighted by molar-refractivity contribution is 5.93. The van der Waals surface area contributed by atoms with Gasteiger partial charge in [-0.1, -0.05) is 0 Å². The average Bonchev–Trinajstić information content (AvgIpc) is 2.46. The van der Waals surface area contributed by atoms with Crippen molar-refractivity contribution in [2.24, 2.45) is 0 Å². The van der Waals surface area contributed by atoms with E-state index in [2.05, 4.69) is 10.6 Å². The molecule has 5 heteroatoms. The molecule has 0 bridgehead atoms.